The van der Waals surface area contributed by atoms with Gasteiger partial charge in [0.25, 0.3) is 0 Å². The van der Waals surface area contributed by atoms with Crippen LogP contribution in [0.4, 0.5) is 0 Å². The Labute approximate surface area is 124 Å². The zero-order valence-corrected chi connectivity index (χ0v) is 13.6. The van der Waals surface area contributed by atoms with E-state index in [4.69, 9.17) is 4.74 Å². The van der Waals surface area contributed by atoms with E-state index in [2.05, 4.69) is 50.2 Å². The first kappa shape index (κ1) is 17.0. The lowest BCUT2D eigenvalue weighted by atomic mass is 10.0. The van der Waals surface area contributed by atoms with E-state index in [9.17, 15) is 0 Å². The Hall–Kier alpha value is -1.06. The molecule has 0 fully saturated rings. The van der Waals surface area contributed by atoms with Crippen LogP contribution in [-0.4, -0.2) is 44.2 Å². The molecule has 0 aliphatic heterocycles. The van der Waals surface area contributed by atoms with Crippen molar-refractivity contribution in [2.75, 3.05) is 27.2 Å². The number of hydrogen-bond donors (Lipinski definition) is 1. The summed E-state index contributed by atoms with van der Waals surface area (Å²) < 4.78 is 5.43. The Bertz CT molecular complexity index is 381. The molecule has 1 aromatic carbocycles. The van der Waals surface area contributed by atoms with Crippen molar-refractivity contribution in [1.29, 1.82) is 0 Å². The second kappa shape index (κ2) is 8.98. The second-order valence-corrected chi connectivity index (χ2v) is 5.59. The van der Waals surface area contributed by atoms with Gasteiger partial charge in [0.05, 0.1) is 7.11 Å². The van der Waals surface area contributed by atoms with Gasteiger partial charge in [-0.15, -0.1) is 0 Å². The van der Waals surface area contributed by atoms with Crippen molar-refractivity contribution in [2.24, 2.45) is 0 Å². The van der Waals surface area contributed by atoms with Crippen molar-refractivity contribution in [3.05, 3.63) is 29.8 Å². The molecule has 0 heterocycles. The minimum atomic E-state index is 0.514. The minimum absolute atomic E-state index is 0.514. The van der Waals surface area contributed by atoms with E-state index in [1.165, 1.54) is 12.0 Å². The molecule has 0 saturated heterocycles. The quantitative estimate of drug-likeness (QED) is 0.751. The van der Waals surface area contributed by atoms with Crippen molar-refractivity contribution in [3.8, 4) is 5.75 Å². The summed E-state index contributed by atoms with van der Waals surface area (Å²) in [5, 5.41) is 3.46. The van der Waals surface area contributed by atoms with Crippen molar-refractivity contribution in [3.63, 3.8) is 0 Å². The molecule has 0 bridgehead atoms. The van der Waals surface area contributed by atoms with Crippen LogP contribution in [-0.2, 0) is 6.42 Å². The Kier molecular flexibility index (Phi) is 7.63. The van der Waals surface area contributed by atoms with E-state index in [1.807, 2.05) is 12.1 Å². The molecule has 3 heteroatoms. The predicted octanol–water partition coefficient (Wildman–Crippen LogP) is 2.95. The number of rotatable bonds is 9. The summed E-state index contributed by atoms with van der Waals surface area (Å²) in [5.74, 6) is 0.994. The van der Waals surface area contributed by atoms with Gasteiger partial charge in [-0.25, -0.2) is 0 Å². The van der Waals surface area contributed by atoms with Gasteiger partial charge in [-0.3, -0.25) is 0 Å². The smallest absolute Gasteiger partial charge is 0.122 e. The molecule has 20 heavy (non-hydrogen) atoms. The zero-order chi connectivity index (χ0) is 15.0. The van der Waals surface area contributed by atoms with Gasteiger partial charge in [0, 0.05) is 12.1 Å². The number of para-hydroxylation sites is 1. The SMILES string of the molecule is CCNC(C)CCN(C)C(C)Cc1ccccc1OC. The molecule has 114 valence electrons. The zero-order valence-electron chi connectivity index (χ0n) is 13.6. The molecular weight excluding hydrogens is 248 g/mol. The van der Waals surface area contributed by atoms with Gasteiger partial charge in [0.2, 0.25) is 0 Å². The summed E-state index contributed by atoms with van der Waals surface area (Å²) in [6.07, 6.45) is 2.21. The van der Waals surface area contributed by atoms with Crippen molar-refractivity contribution >= 4 is 0 Å². The van der Waals surface area contributed by atoms with Gasteiger partial charge >= 0.3 is 0 Å². The topological polar surface area (TPSA) is 24.5 Å². The fourth-order valence-electron chi connectivity index (χ4n) is 2.41. The molecule has 0 radical (unpaired) electrons. The maximum absolute atomic E-state index is 5.43. The van der Waals surface area contributed by atoms with Crippen LogP contribution in [0.25, 0.3) is 0 Å². The summed E-state index contributed by atoms with van der Waals surface area (Å²) >= 11 is 0. The van der Waals surface area contributed by atoms with E-state index >= 15 is 0 Å². The summed E-state index contributed by atoms with van der Waals surface area (Å²) in [6, 6.07) is 9.40. The van der Waals surface area contributed by atoms with Gasteiger partial charge in [-0.1, -0.05) is 25.1 Å². The lowest BCUT2D eigenvalue weighted by molar-refractivity contribution is 0.242. The molecule has 1 rings (SSSR count). The second-order valence-electron chi connectivity index (χ2n) is 5.59. The largest absolute Gasteiger partial charge is 0.496 e. The van der Waals surface area contributed by atoms with E-state index in [-0.39, 0.29) is 0 Å². The predicted molar refractivity (Wildman–Crippen MR) is 86.5 cm³/mol. The number of benzene rings is 1. The summed E-state index contributed by atoms with van der Waals surface area (Å²) in [5.41, 5.74) is 1.29. The van der Waals surface area contributed by atoms with Crippen LogP contribution < -0.4 is 10.1 Å². The highest BCUT2D eigenvalue weighted by molar-refractivity contribution is 5.33. The fourth-order valence-corrected chi connectivity index (χ4v) is 2.41. The molecular formula is C17H30N2O. The summed E-state index contributed by atoms with van der Waals surface area (Å²) in [7, 11) is 3.95. The molecule has 0 spiro atoms. The molecule has 0 saturated carbocycles. The standard InChI is InChI=1S/C17H30N2O/c1-6-18-14(2)11-12-19(4)15(3)13-16-9-7-8-10-17(16)20-5/h7-10,14-15,18H,6,11-13H2,1-5H3. The highest BCUT2D eigenvalue weighted by Crippen LogP contribution is 2.20. The third-order valence-electron chi connectivity index (χ3n) is 3.93. The fraction of sp³-hybridized carbons (Fsp3) is 0.647. The molecule has 0 amide bonds. The molecule has 0 aliphatic carbocycles. The third-order valence-corrected chi connectivity index (χ3v) is 3.93. The van der Waals surface area contributed by atoms with E-state index in [0.717, 1.165) is 25.3 Å². The Morgan fingerprint density at radius 2 is 1.95 bits per heavy atom. The first-order valence-electron chi connectivity index (χ1n) is 7.64. The number of ether oxygens (including phenoxy) is 1. The third kappa shape index (κ3) is 5.51. The average Bonchev–Trinajstić information content (AvgIpc) is 2.45. The first-order chi connectivity index (χ1) is 9.58. The lowest BCUT2D eigenvalue weighted by Crippen LogP contribution is -2.36. The molecule has 2 atom stereocenters. The van der Waals surface area contributed by atoms with Gasteiger partial charge < -0.3 is 15.0 Å². The van der Waals surface area contributed by atoms with Crippen molar-refractivity contribution < 1.29 is 4.74 Å². The van der Waals surface area contributed by atoms with Crippen molar-refractivity contribution in [1.82, 2.24) is 10.2 Å². The highest BCUT2D eigenvalue weighted by Gasteiger charge is 2.13. The van der Waals surface area contributed by atoms with Crippen LogP contribution in [0.3, 0.4) is 0 Å². The summed E-state index contributed by atoms with van der Waals surface area (Å²) in [6.45, 7) is 8.85. The monoisotopic (exact) mass is 278 g/mol. The first-order valence-corrected chi connectivity index (χ1v) is 7.64. The number of hydrogen-bond acceptors (Lipinski definition) is 3. The Morgan fingerprint density at radius 3 is 2.60 bits per heavy atom. The van der Waals surface area contributed by atoms with Gasteiger partial charge in [0.15, 0.2) is 0 Å². The van der Waals surface area contributed by atoms with Crippen LogP contribution in [0.2, 0.25) is 0 Å². The number of nitrogens with one attached hydrogen (secondary N) is 1. The molecule has 1 N–H and O–H groups in total. The van der Waals surface area contributed by atoms with Crippen LogP contribution in [0.1, 0.15) is 32.8 Å². The molecule has 2 unspecified atom stereocenters. The van der Waals surface area contributed by atoms with E-state index in [0.29, 0.717) is 12.1 Å². The van der Waals surface area contributed by atoms with Crippen LogP contribution >= 0.6 is 0 Å². The molecule has 0 aromatic heterocycles. The number of likely N-dealkylation sites (N-methyl/N-ethyl adjacent to an activating group) is 1. The van der Waals surface area contributed by atoms with E-state index in [1.54, 1.807) is 7.11 Å². The number of nitrogens with zero attached hydrogens (tertiary/aromatic N) is 1. The maximum Gasteiger partial charge on any atom is 0.122 e. The van der Waals surface area contributed by atoms with Crippen molar-refractivity contribution in [2.45, 2.75) is 45.7 Å². The van der Waals surface area contributed by atoms with Gasteiger partial charge in [-0.05, 0) is 58.5 Å². The molecule has 3 nitrogen and oxygen atoms in total. The lowest BCUT2D eigenvalue weighted by Gasteiger charge is -2.26. The average molecular weight is 278 g/mol. The minimum Gasteiger partial charge on any atom is -0.496 e. The number of methoxy groups -OCH3 is 1. The van der Waals surface area contributed by atoms with Crippen LogP contribution in [0.5, 0.6) is 5.75 Å². The van der Waals surface area contributed by atoms with Crippen LogP contribution in [0.15, 0.2) is 24.3 Å². The maximum atomic E-state index is 5.43. The van der Waals surface area contributed by atoms with Crippen LogP contribution in [0, 0.1) is 0 Å². The molecule has 1 aromatic rings. The van der Waals surface area contributed by atoms with Gasteiger partial charge in [-0.2, -0.15) is 0 Å². The van der Waals surface area contributed by atoms with Gasteiger partial charge in [0.1, 0.15) is 5.75 Å². The summed E-state index contributed by atoms with van der Waals surface area (Å²) in [4.78, 5) is 2.43. The Morgan fingerprint density at radius 1 is 1.25 bits per heavy atom. The Balaban J connectivity index is 2.46. The highest BCUT2D eigenvalue weighted by atomic mass is 16.5. The normalized spacial score (nSPS) is 14.3. The van der Waals surface area contributed by atoms with E-state index < -0.39 is 0 Å². The molecule has 0 aliphatic rings.